The third-order valence-corrected chi connectivity index (χ3v) is 7.24. The van der Waals surface area contributed by atoms with Gasteiger partial charge in [-0.2, -0.15) is 4.31 Å². The van der Waals surface area contributed by atoms with E-state index in [1.165, 1.54) is 15.6 Å². The second kappa shape index (κ2) is 7.00. The number of piperidine rings is 1. The number of anilines is 1. The lowest BCUT2D eigenvalue weighted by Crippen LogP contribution is -2.49. The summed E-state index contributed by atoms with van der Waals surface area (Å²) in [4.78, 5) is 16.9. The minimum atomic E-state index is -3.64. The Balaban J connectivity index is 1.83. The zero-order valence-corrected chi connectivity index (χ0v) is 14.9. The number of carbonyl (C=O) groups excluding carboxylic acids is 1. The maximum atomic E-state index is 12.8. The maximum Gasteiger partial charge on any atom is 0.253 e. The van der Waals surface area contributed by atoms with Crippen LogP contribution in [0.25, 0.3) is 0 Å². The zero-order chi connectivity index (χ0) is 17.2. The van der Waals surface area contributed by atoms with Gasteiger partial charge in [-0.05, 0) is 43.3 Å². The molecule has 2 aromatic rings. The molecule has 24 heavy (non-hydrogen) atoms. The highest BCUT2D eigenvalue weighted by Crippen LogP contribution is 2.28. The molecule has 1 saturated heterocycles. The van der Waals surface area contributed by atoms with E-state index in [9.17, 15) is 13.2 Å². The Morgan fingerprint density at radius 3 is 2.83 bits per heavy atom. The number of thiophene rings is 1. The summed E-state index contributed by atoms with van der Waals surface area (Å²) < 4.78 is 27.2. The van der Waals surface area contributed by atoms with Crippen LogP contribution in [-0.4, -0.2) is 36.2 Å². The number of pyridine rings is 1. The van der Waals surface area contributed by atoms with Crippen molar-refractivity contribution in [3.8, 4) is 0 Å². The van der Waals surface area contributed by atoms with Gasteiger partial charge in [-0.25, -0.2) is 13.4 Å². The van der Waals surface area contributed by atoms with Crippen molar-refractivity contribution in [2.75, 3.05) is 11.9 Å². The van der Waals surface area contributed by atoms with Gasteiger partial charge in [0.25, 0.3) is 10.0 Å². The van der Waals surface area contributed by atoms with Gasteiger partial charge in [0.05, 0.1) is 0 Å². The SMILES string of the molecule is Cc1cccc(NC(=O)C2CCCCN2S(=O)(=O)c2cccs2)n1. The molecule has 0 aromatic carbocycles. The first-order chi connectivity index (χ1) is 11.5. The number of carbonyl (C=O) groups is 1. The second-order valence-electron chi connectivity index (χ2n) is 5.71. The molecule has 1 N–H and O–H groups in total. The van der Waals surface area contributed by atoms with Crippen molar-refractivity contribution in [3.05, 3.63) is 41.4 Å². The third-order valence-electron chi connectivity index (χ3n) is 3.95. The van der Waals surface area contributed by atoms with E-state index in [2.05, 4.69) is 10.3 Å². The summed E-state index contributed by atoms with van der Waals surface area (Å²) in [7, 11) is -3.64. The van der Waals surface area contributed by atoms with E-state index < -0.39 is 16.1 Å². The molecule has 1 unspecified atom stereocenters. The van der Waals surface area contributed by atoms with Gasteiger partial charge >= 0.3 is 0 Å². The molecule has 0 radical (unpaired) electrons. The van der Waals surface area contributed by atoms with Crippen molar-refractivity contribution in [1.29, 1.82) is 0 Å². The lowest BCUT2D eigenvalue weighted by Gasteiger charge is -2.33. The zero-order valence-electron chi connectivity index (χ0n) is 13.3. The van der Waals surface area contributed by atoms with Crippen LogP contribution in [0.2, 0.25) is 0 Å². The van der Waals surface area contributed by atoms with Crippen molar-refractivity contribution in [1.82, 2.24) is 9.29 Å². The number of rotatable bonds is 4. The quantitative estimate of drug-likeness (QED) is 0.903. The molecular weight excluding hydrogens is 346 g/mol. The Morgan fingerprint density at radius 1 is 1.29 bits per heavy atom. The highest BCUT2D eigenvalue weighted by Gasteiger charge is 2.38. The van der Waals surface area contributed by atoms with Crippen LogP contribution in [0, 0.1) is 6.92 Å². The summed E-state index contributed by atoms with van der Waals surface area (Å²) >= 11 is 1.17. The van der Waals surface area contributed by atoms with Gasteiger partial charge in [-0.1, -0.05) is 18.6 Å². The van der Waals surface area contributed by atoms with Crippen molar-refractivity contribution in [3.63, 3.8) is 0 Å². The minimum Gasteiger partial charge on any atom is -0.309 e. The molecule has 0 saturated carbocycles. The molecule has 128 valence electrons. The van der Waals surface area contributed by atoms with Crippen LogP contribution >= 0.6 is 11.3 Å². The van der Waals surface area contributed by atoms with Crippen molar-refractivity contribution in [2.24, 2.45) is 0 Å². The fourth-order valence-corrected chi connectivity index (χ4v) is 5.58. The second-order valence-corrected chi connectivity index (χ2v) is 8.78. The molecule has 0 aliphatic carbocycles. The van der Waals surface area contributed by atoms with Crippen LogP contribution in [0.5, 0.6) is 0 Å². The fourth-order valence-electron chi connectivity index (χ4n) is 2.80. The maximum absolute atomic E-state index is 12.8. The first-order valence-electron chi connectivity index (χ1n) is 7.78. The Morgan fingerprint density at radius 2 is 2.12 bits per heavy atom. The van der Waals surface area contributed by atoms with Crippen molar-refractivity contribution in [2.45, 2.75) is 36.4 Å². The summed E-state index contributed by atoms with van der Waals surface area (Å²) in [5, 5.41) is 4.47. The number of nitrogens with one attached hydrogen (secondary N) is 1. The molecular formula is C16H19N3O3S2. The van der Waals surface area contributed by atoms with Crippen LogP contribution < -0.4 is 5.32 Å². The normalized spacial score (nSPS) is 19.1. The van der Waals surface area contributed by atoms with Crippen LogP contribution in [0.3, 0.4) is 0 Å². The van der Waals surface area contributed by atoms with Crippen LogP contribution in [0.15, 0.2) is 39.9 Å². The number of amides is 1. The molecule has 3 rings (SSSR count). The van der Waals surface area contributed by atoms with Gasteiger partial charge < -0.3 is 5.32 Å². The van der Waals surface area contributed by atoms with E-state index in [0.29, 0.717) is 18.8 Å². The molecule has 1 aliphatic heterocycles. The molecule has 1 atom stereocenters. The lowest BCUT2D eigenvalue weighted by molar-refractivity contribution is -0.120. The summed E-state index contributed by atoms with van der Waals surface area (Å²) in [6, 6.07) is 7.92. The van der Waals surface area contributed by atoms with Gasteiger partial charge in [0.2, 0.25) is 5.91 Å². The number of hydrogen-bond acceptors (Lipinski definition) is 5. The Kier molecular flexibility index (Phi) is 4.98. The predicted octanol–water partition coefficient (Wildman–Crippen LogP) is 2.63. The molecule has 0 bridgehead atoms. The van der Waals surface area contributed by atoms with E-state index >= 15 is 0 Å². The molecule has 1 aliphatic rings. The number of aromatic nitrogens is 1. The summed E-state index contributed by atoms with van der Waals surface area (Å²) in [5.41, 5.74) is 0.791. The van der Waals surface area contributed by atoms with Gasteiger partial charge in [0.1, 0.15) is 16.1 Å². The molecule has 1 fully saturated rings. The molecule has 6 nitrogen and oxygen atoms in total. The number of aryl methyl sites for hydroxylation is 1. The van der Waals surface area contributed by atoms with E-state index in [-0.39, 0.29) is 10.1 Å². The van der Waals surface area contributed by atoms with E-state index in [0.717, 1.165) is 18.5 Å². The Hall–Kier alpha value is -1.77. The number of hydrogen-bond donors (Lipinski definition) is 1. The molecule has 0 spiro atoms. The topological polar surface area (TPSA) is 79.4 Å². The lowest BCUT2D eigenvalue weighted by atomic mass is 10.0. The Labute approximate surface area is 145 Å². The average Bonchev–Trinajstić information content (AvgIpc) is 3.10. The summed E-state index contributed by atoms with van der Waals surface area (Å²) in [5.74, 6) is 0.118. The summed E-state index contributed by atoms with van der Waals surface area (Å²) in [6.07, 6.45) is 2.11. The fraction of sp³-hybridized carbons (Fsp3) is 0.375. The smallest absolute Gasteiger partial charge is 0.253 e. The first kappa shape index (κ1) is 17.1. The third kappa shape index (κ3) is 3.50. The molecule has 1 amide bonds. The summed E-state index contributed by atoms with van der Waals surface area (Å²) in [6.45, 7) is 2.20. The molecule has 2 aromatic heterocycles. The minimum absolute atomic E-state index is 0.274. The molecule has 8 heteroatoms. The molecule has 3 heterocycles. The standard InChI is InChI=1S/C16H19N3O3S2/c1-12-6-4-8-14(17-12)18-16(20)13-7-2-3-10-19(13)24(21,22)15-9-5-11-23-15/h4-6,8-9,11,13H,2-3,7,10H2,1H3,(H,17,18,20). The predicted molar refractivity (Wildman–Crippen MR) is 93.5 cm³/mol. The van der Waals surface area contributed by atoms with E-state index in [4.69, 9.17) is 0 Å². The van der Waals surface area contributed by atoms with Crippen LogP contribution in [0.4, 0.5) is 5.82 Å². The Bertz CT molecular complexity index is 819. The average molecular weight is 365 g/mol. The largest absolute Gasteiger partial charge is 0.309 e. The van der Waals surface area contributed by atoms with Crippen LogP contribution in [-0.2, 0) is 14.8 Å². The van der Waals surface area contributed by atoms with Gasteiger partial charge in [0.15, 0.2) is 0 Å². The van der Waals surface area contributed by atoms with Crippen molar-refractivity contribution < 1.29 is 13.2 Å². The van der Waals surface area contributed by atoms with Gasteiger partial charge in [-0.3, -0.25) is 4.79 Å². The van der Waals surface area contributed by atoms with Gasteiger partial charge in [0, 0.05) is 12.2 Å². The number of nitrogens with zero attached hydrogens (tertiary/aromatic N) is 2. The highest BCUT2D eigenvalue weighted by atomic mass is 32.2. The van der Waals surface area contributed by atoms with Crippen molar-refractivity contribution >= 4 is 33.1 Å². The highest BCUT2D eigenvalue weighted by molar-refractivity contribution is 7.91. The van der Waals surface area contributed by atoms with Gasteiger partial charge in [-0.15, -0.1) is 11.3 Å². The van der Waals surface area contributed by atoms with E-state index in [1.807, 2.05) is 13.0 Å². The van der Waals surface area contributed by atoms with E-state index in [1.54, 1.807) is 29.6 Å². The monoisotopic (exact) mass is 365 g/mol. The van der Waals surface area contributed by atoms with Crippen LogP contribution in [0.1, 0.15) is 25.0 Å². The number of sulfonamides is 1. The first-order valence-corrected chi connectivity index (χ1v) is 10.1.